The maximum absolute atomic E-state index is 11.6. The molecule has 1 aliphatic rings. The number of aliphatic hydroxyl groups excluding tert-OH is 2. The lowest BCUT2D eigenvalue weighted by atomic mass is 10.2. The van der Waals surface area contributed by atoms with Crippen molar-refractivity contribution in [1.82, 2.24) is 9.55 Å². The Morgan fingerprint density at radius 3 is 2.94 bits per heavy atom. The Bertz CT molecular complexity index is 539. The molecule has 7 heteroatoms. The number of hydrogen-bond acceptors (Lipinski definition) is 5. The second-order valence-electron chi connectivity index (χ2n) is 4.29. The number of aromatic amines is 1. The largest absolute Gasteiger partial charge is 0.394 e. The number of nitrogens with zero attached hydrogens (tertiary/aromatic N) is 1. The SMILES string of the molecule is CCc1cn([C@H]2C[C@@H](O)[C@H](CO)O2)c(=S)[nH]c1=O. The number of aromatic nitrogens is 2. The van der Waals surface area contributed by atoms with Crippen molar-refractivity contribution in [3.8, 4) is 0 Å². The van der Waals surface area contributed by atoms with Gasteiger partial charge in [-0.2, -0.15) is 0 Å². The molecule has 3 atom stereocenters. The van der Waals surface area contributed by atoms with Crippen LogP contribution in [-0.4, -0.2) is 38.6 Å². The van der Waals surface area contributed by atoms with E-state index in [0.717, 1.165) is 0 Å². The Kier molecular flexibility index (Phi) is 3.96. The molecule has 2 heterocycles. The van der Waals surface area contributed by atoms with Crippen LogP contribution in [0.2, 0.25) is 0 Å². The van der Waals surface area contributed by atoms with Gasteiger partial charge in [0.2, 0.25) is 0 Å². The molecule has 0 unspecified atom stereocenters. The summed E-state index contributed by atoms with van der Waals surface area (Å²) in [5.41, 5.74) is 0.408. The predicted molar refractivity (Wildman–Crippen MR) is 66.9 cm³/mol. The first-order chi connectivity index (χ1) is 8.56. The molecule has 0 aliphatic carbocycles. The summed E-state index contributed by atoms with van der Waals surface area (Å²) in [7, 11) is 0. The lowest BCUT2D eigenvalue weighted by Crippen LogP contribution is -2.24. The normalized spacial score (nSPS) is 27.6. The van der Waals surface area contributed by atoms with Gasteiger partial charge in [0.15, 0.2) is 4.77 Å². The van der Waals surface area contributed by atoms with Crippen LogP contribution in [0.1, 0.15) is 25.1 Å². The summed E-state index contributed by atoms with van der Waals surface area (Å²) < 4.78 is 7.38. The lowest BCUT2D eigenvalue weighted by molar-refractivity contribution is -0.0453. The summed E-state index contributed by atoms with van der Waals surface area (Å²) in [5.74, 6) is 0. The number of H-pyrrole nitrogens is 1. The second-order valence-corrected chi connectivity index (χ2v) is 4.68. The van der Waals surface area contributed by atoms with E-state index < -0.39 is 18.4 Å². The van der Waals surface area contributed by atoms with Crippen LogP contribution in [-0.2, 0) is 11.2 Å². The number of nitrogens with one attached hydrogen (secondary N) is 1. The van der Waals surface area contributed by atoms with E-state index in [4.69, 9.17) is 22.1 Å². The van der Waals surface area contributed by atoms with Crippen LogP contribution in [0.25, 0.3) is 0 Å². The van der Waals surface area contributed by atoms with Gasteiger partial charge in [0, 0.05) is 18.2 Å². The molecule has 0 saturated carbocycles. The molecule has 1 aromatic rings. The van der Waals surface area contributed by atoms with Crippen LogP contribution in [0.5, 0.6) is 0 Å². The highest BCUT2D eigenvalue weighted by molar-refractivity contribution is 7.71. The van der Waals surface area contributed by atoms with Gasteiger partial charge in [-0.3, -0.25) is 14.3 Å². The van der Waals surface area contributed by atoms with Crippen molar-refractivity contribution >= 4 is 12.2 Å². The van der Waals surface area contributed by atoms with Gasteiger partial charge in [-0.05, 0) is 18.6 Å². The van der Waals surface area contributed by atoms with Gasteiger partial charge in [-0.1, -0.05) is 6.92 Å². The van der Waals surface area contributed by atoms with Crippen molar-refractivity contribution in [2.24, 2.45) is 0 Å². The molecule has 0 amide bonds. The van der Waals surface area contributed by atoms with Crippen LogP contribution in [0.4, 0.5) is 0 Å². The first-order valence-corrected chi connectivity index (χ1v) is 6.26. The van der Waals surface area contributed by atoms with E-state index in [-0.39, 0.29) is 16.9 Å². The highest BCUT2D eigenvalue weighted by Crippen LogP contribution is 2.28. The van der Waals surface area contributed by atoms with Crippen molar-refractivity contribution in [3.63, 3.8) is 0 Å². The smallest absolute Gasteiger partial charge is 0.254 e. The third-order valence-electron chi connectivity index (χ3n) is 3.12. The van der Waals surface area contributed by atoms with E-state index in [2.05, 4.69) is 4.98 Å². The lowest BCUT2D eigenvalue weighted by Gasteiger charge is -2.16. The van der Waals surface area contributed by atoms with E-state index in [0.29, 0.717) is 18.4 Å². The number of hydrogen-bond donors (Lipinski definition) is 3. The summed E-state index contributed by atoms with van der Waals surface area (Å²) >= 11 is 5.08. The van der Waals surface area contributed by atoms with E-state index in [1.165, 1.54) is 0 Å². The minimum atomic E-state index is -0.723. The standard InChI is InChI=1S/C11H16N2O4S/c1-2-6-4-13(11(18)12-10(6)16)9-3-7(15)8(5-14)17-9/h4,7-9,14-15H,2-3,5H2,1H3,(H,12,16,18)/t7-,8+,9-/m1/s1. The minimum Gasteiger partial charge on any atom is -0.394 e. The van der Waals surface area contributed by atoms with Gasteiger partial charge in [-0.25, -0.2) is 0 Å². The molecular weight excluding hydrogens is 256 g/mol. The van der Waals surface area contributed by atoms with Gasteiger partial charge >= 0.3 is 0 Å². The fraction of sp³-hybridized carbons (Fsp3) is 0.636. The summed E-state index contributed by atoms with van der Waals surface area (Å²) in [6, 6.07) is 0. The van der Waals surface area contributed by atoms with Gasteiger partial charge in [0.25, 0.3) is 5.56 Å². The zero-order valence-corrected chi connectivity index (χ0v) is 10.8. The quantitative estimate of drug-likeness (QED) is 0.680. The van der Waals surface area contributed by atoms with Crippen molar-refractivity contribution < 1.29 is 14.9 Å². The molecule has 0 radical (unpaired) electrons. The Morgan fingerprint density at radius 1 is 1.67 bits per heavy atom. The summed E-state index contributed by atoms with van der Waals surface area (Å²) in [4.78, 5) is 14.1. The minimum absolute atomic E-state index is 0.198. The van der Waals surface area contributed by atoms with E-state index >= 15 is 0 Å². The number of rotatable bonds is 3. The van der Waals surface area contributed by atoms with Crippen molar-refractivity contribution in [2.75, 3.05) is 6.61 Å². The fourth-order valence-corrected chi connectivity index (χ4v) is 2.31. The highest BCUT2D eigenvalue weighted by Gasteiger charge is 2.34. The third-order valence-corrected chi connectivity index (χ3v) is 3.43. The summed E-state index contributed by atoms with van der Waals surface area (Å²) in [6.07, 6.45) is 0.802. The molecule has 6 nitrogen and oxygen atoms in total. The Morgan fingerprint density at radius 2 is 2.39 bits per heavy atom. The Hall–Kier alpha value is -1.02. The summed E-state index contributed by atoms with van der Waals surface area (Å²) in [6.45, 7) is 1.63. The highest BCUT2D eigenvalue weighted by atomic mass is 32.1. The fourth-order valence-electron chi connectivity index (χ4n) is 2.04. The van der Waals surface area contributed by atoms with Gasteiger partial charge in [0.05, 0.1) is 12.7 Å². The van der Waals surface area contributed by atoms with Crippen molar-refractivity contribution in [2.45, 2.75) is 38.2 Å². The molecule has 0 spiro atoms. The number of aryl methyl sites for hydroxylation is 1. The maximum Gasteiger partial charge on any atom is 0.254 e. The molecular formula is C11H16N2O4S. The average molecular weight is 272 g/mol. The van der Waals surface area contributed by atoms with Gasteiger partial charge < -0.3 is 14.9 Å². The molecule has 1 fully saturated rings. The van der Waals surface area contributed by atoms with Crippen LogP contribution < -0.4 is 5.56 Å². The Balaban J connectivity index is 2.35. The van der Waals surface area contributed by atoms with Gasteiger partial charge in [0.1, 0.15) is 12.3 Å². The average Bonchev–Trinajstić information content (AvgIpc) is 2.70. The monoisotopic (exact) mass is 272 g/mol. The van der Waals surface area contributed by atoms with Crippen LogP contribution in [0.3, 0.4) is 0 Å². The second kappa shape index (κ2) is 5.31. The molecule has 0 aromatic carbocycles. The maximum atomic E-state index is 11.6. The number of ether oxygens (including phenoxy) is 1. The summed E-state index contributed by atoms with van der Waals surface area (Å²) in [5, 5.41) is 18.7. The van der Waals surface area contributed by atoms with E-state index in [1.54, 1.807) is 10.8 Å². The first-order valence-electron chi connectivity index (χ1n) is 5.85. The molecule has 1 aliphatic heterocycles. The van der Waals surface area contributed by atoms with Crippen molar-refractivity contribution in [1.29, 1.82) is 0 Å². The van der Waals surface area contributed by atoms with E-state index in [9.17, 15) is 9.90 Å². The molecule has 1 aromatic heterocycles. The molecule has 100 valence electrons. The van der Waals surface area contributed by atoms with Crippen LogP contribution >= 0.6 is 12.2 Å². The van der Waals surface area contributed by atoms with Crippen LogP contribution in [0.15, 0.2) is 11.0 Å². The topological polar surface area (TPSA) is 87.5 Å². The molecule has 18 heavy (non-hydrogen) atoms. The molecule has 1 saturated heterocycles. The van der Waals surface area contributed by atoms with Gasteiger partial charge in [-0.15, -0.1) is 0 Å². The predicted octanol–water partition coefficient (Wildman–Crippen LogP) is 0.109. The molecule has 3 N–H and O–H groups in total. The zero-order valence-electron chi connectivity index (χ0n) is 10.00. The Labute approximate surface area is 109 Å². The molecule has 0 bridgehead atoms. The number of aliphatic hydroxyl groups is 2. The zero-order chi connectivity index (χ0) is 13.3. The van der Waals surface area contributed by atoms with Crippen LogP contribution in [0, 0.1) is 4.77 Å². The van der Waals surface area contributed by atoms with E-state index in [1.807, 2.05) is 6.92 Å². The molecule has 2 rings (SSSR count). The third kappa shape index (κ3) is 2.39. The van der Waals surface area contributed by atoms with Crippen molar-refractivity contribution in [3.05, 3.63) is 26.9 Å². The first kappa shape index (κ1) is 13.4.